The maximum absolute atomic E-state index is 12.8. The number of aliphatic hydroxyl groups excluding tert-OH is 2. The molecule has 2 saturated heterocycles. The molecule has 0 saturated carbocycles. The van der Waals surface area contributed by atoms with E-state index in [-0.39, 0.29) is 98.8 Å². The fourth-order valence-electron chi connectivity index (χ4n) is 6.29. The number of ether oxygens (including phenoxy) is 1. The molecule has 9 nitrogen and oxygen atoms in total. The predicted molar refractivity (Wildman–Crippen MR) is 193 cm³/mol. The Balaban J connectivity index is 0.000000855. The molecule has 2 aliphatic rings. The van der Waals surface area contributed by atoms with Gasteiger partial charge in [-0.15, -0.1) is 12.4 Å². The van der Waals surface area contributed by atoms with Gasteiger partial charge in [0.1, 0.15) is 5.60 Å². The number of hydrogen-bond acceptors (Lipinski definition) is 7. The quantitative estimate of drug-likeness (QED) is 0.196. The third-order valence-corrected chi connectivity index (χ3v) is 8.40. The summed E-state index contributed by atoms with van der Waals surface area (Å²) in [5.74, 6) is -0.509. The van der Waals surface area contributed by atoms with Crippen LogP contribution in [-0.2, 0) is 37.7 Å². The standard InChI is InChI=1S/C20H29NO4.C14H20N2O2.CH3I.ClH.V/c1-14-17(15-8-6-5-7-9-15)12-16(19(24)21(14)10-11-22)13-18(23)25-20(2,3)4;1-10-12(11-5-3-2-4-6-11)9-13(15)14(18)16(10)7-8-17;1-2;;/h5-9,14,16-17,22H,10-13H2,1-4H3;2-6,10,12-13,17H,7-9,15H2,1H3;1H3;1H;. The number of carbonyl (C=O) groups is 3. The second kappa shape index (κ2) is 22.1. The van der Waals surface area contributed by atoms with Crippen LogP contribution in [0.15, 0.2) is 60.7 Å². The molecule has 4 rings (SSSR count). The van der Waals surface area contributed by atoms with E-state index in [1.807, 2.05) is 75.9 Å². The summed E-state index contributed by atoms with van der Waals surface area (Å²) in [6.07, 6.45) is 1.37. The van der Waals surface area contributed by atoms with E-state index in [2.05, 4.69) is 46.9 Å². The summed E-state index contributed by atoms with van der Waals surface area (Å²) in [6, 6.07) is 19.8. The van der Waals surface area contributed by atoms with Crippen LogP contribution in [-0.4, -0.2) is 92.8 Å². The summed E-state index contributed by atoms with van der Waals surface area (Å²) in [4.78, 5) is 42.4. The first kappa shape index (κ1) is 45.3. The second-order valence-corrected chi connectivity index (χ2v) is 12.6. The first-order valence-electron chi connectivity index (χ1n) is 15.7. The van der Waals surface area contributed by atoms with E-state index in [0.717, 1.165) is 5.56 Å². The van der Waals surface area contributed by atoms with Gasteiger partial charge in [0.25, 0.3) is 0 Å². The number of nitrogens with two attached hydrogens (primary N) is 1. The minimum absolute atomic E-state index is 0. The van der Waals surface area contributed by atoms with E-state index < -0.39 is 17.6 Å². The fraction of sp³-hybridized carbons (Fsp3) is 0.571. The number of alkyl halides is 1. The third kappa shape index (κ3) is 13.3. The Morgan fingerprint density at radius 1 is 0.830 bits per heavy atom. The van der Waals surface area contributed by atoms with Crippen LogP contribution in [0, 0.1) is 5.92 Å². The van der Waals surface area contributed by atoms with Crippen LogP contribution in [0.4, 0.5) is 0 Å². The van der Waals surface area contributed by atoms with Crippen molar-refractivity contribution in [3.63, 3.8) is 0 Å². The summed E-state index contributed by atoms with van der Waals surface area (Å²) in [7, 11) is 0. The van der Waals surface area contributed by atoms with E-state index in [1.54, 1.807) is 9.80 Å². The van der Waals surface area contributed by atoms with Crippen LogP contribution < -0.4 is 5.73 Å². The molecule has 263 valence electrons. The summed E-state index contributed by atoms with van der Waals surface area (Å²) in [6.45, 7) is 10.0. The summed E-state index contributed by atoms with van der Waals surface area (Å²) in [5, 5.41) is 18.4. The van der Waals surface area contributed by atoms with Crippen LogP contribution >= 0.6 is 35.0 Å². The summed E-state index contributed by atoms with van der Waals surface area (Å²) < 4.78 is 5.39. The molecule has 0 aliphatic carbocycles. The molecular formula is C35H53ClIN3O6V. The molecule has 2 aliphatic heterocycles. The molecule has 2 aromatic rings. The van der Waals surface area contributed by atoms with Crippen LogP contribution in [0.3, 0.4) is 0 Å². The van der Waals surface area contributed by atoms with E-state index in [4.69, 9.17) is 15.6 Å². The average molecular weight is 825 g/mol. The number of carbonyl (C=O) groups excluding carboxylic acids is 3. The van der Waals surface area contributed by atoms with Gasteiger partial charge in [0, 0.05) is 61.5 Å². The van der Waals surface area contributed by atoms with Gasteiger partial charge >= 0.3 is 5.97 Å². The van der Waals surface area contributed by atoms with Crippen molar-refractivity contribution in [1.29, 1.82) is 0 Å². The largest absolute Gasteiger partial charge is 0.460 e. The molecule has 6 atom stereocenters. The number of halogens is 2. The van der Waals surface area contributed by atoms with Crippen molar-refractivity contribution in [2.45, 2.75) is 89.4 Å². The molecule has 47 heavy (non-hydrogen) atoms. The Hall–Kier alpha value is -1.67. The van der Waals surface area contributed by atoms with Crippen molar-refractivity contribution in [2.24, 2.45) is 11.7 Å². The number of likely N-dealkylation sites (tertiary alicyclic amines) is 2. The molecule has 2 amide bonds. The number of hydrogen-bond donors (Lipinski definition) is 3. The van der Waals surface area contributed by atoms with E-state index >= 15 is 0 Å². The monoisotopic (exact) mass is 824 g/mol. The average Bonchev–Trinajstić information content (AvgIpc) is 3.02. The minimum atomic E-state index is -0.564. The van der Waals surface area contributed by atoms with Crippen molar-refractivity contribution >= 4 is 52.8 Å². The predicted octanol–water partition coefficient (Wildman–Crippen LogP) is 4.91. The Kier molecular flexibility index (Phi) is 21.3. The molecule has 1 radical (unpaired) electrons. The molecule has 0 bridgehead atoms. The molecule has 2 aromatic carbocycles. The molecule has 4 N–H and O–H groups in total. The maximum atomic E-state index is 12.8. The molecule has 12 heteroatoms. The molecule has 0 spiro atoms. The minimum Gasteiger partial charge on any atom is -0.460 e. The first-order chi connectivity index (χ1) is 21.4. The number of benzene rings is 2. The number of nitrogens with zero attached hydrogens (tertiary/aromatic N) is 2. The SMILES string of the molecule is CC1C(c2ccccc2)CC(CC(=O)OC(C)(C)C)C(=O)N1CCO.CC1C(c2ccccc2)CC(N)C(=O)N1CCO.CI.Cl.[V]. The van der Waals surface area contributed by atoms with Crippen molar-refractivity contribution in [3.05, 3.63) is 71.8 Å². The Bertz CT molecular complexity index is 1210. The van der Waals surface area contributed by atoms with Gasteiger partial charge in [0.15, 0.2) is 0 Å². The molecule has 0 aromatic heterocycles. The Morgan fingerprint density at radius 3 is 1.64 bits per heavy atom. The van der Waals surface area contributed by atoms with Crippen molar-refractivity contribution in [1.82, 2.24) is 9.80 Å². The summed E-state index contributed by atoms with van der Waals surface area (Å²) in [5.41, 5.74) is 7.71. The number of esters is 1. The number of aliphatic hydroxyl groups is 2. The van der Waals surface area contributed by atoms with Gasteiger partial charge in [-0.05, 0) is 63.5 Å². The molecule has 2 fully saturated rings. The number of rotatable bonds is 8. The molecular weight excluding hydrogens is 772 g/mol. The topological polar surface area (TPSA) is 133 Å². The van der Waals surface area contributed by atoms with E-state index in [0.29, 0.717) is 19.4 Å². The van der Waals surface area contributed by atoms with Gasteiger partial charge in [0.05, 0.1) is 25.7 Å². The second-order valence-electron chi connectivity index (χ2n) is 12.6. The van der Waals surface area contributed by atoms with Gasteiger partial charge in [-0.25, -0.2) is 0 Å². The van der Waals surface area contributed by atoms with Crippen molar-refractivity contribution < 1.29 is 47.9 Å². The Labute approximate surface area is 312 Å². The van der Waals surface area contributed by atoms with Crippen LogP contribution in [0.2, 0.25) is 0 Å². The third-order valence-electron chi connectivity index (χ3n) is 8.40. The molecule has 2 heterocycles. The maximum Gasteiger partial charge on any atom is 0.307 e. The van der Waals surface area contributed by atoms with E-state index in [1.165, 1.54) is 5.56 Å². The zero-order valence-corrected chi connectivity index (χ0v) is 32.8. The van der Waals surface area contributed by atoms with Crippen molar-refractivity contribution in [2.75, 3.05) is 31.2 Å². The zero-order valence-electron chi connectivity index (χ0n) is 28.4. The van der Waals surface area contributed by atoms with Gasteiger partial charge in [-0.3, -0.25) is 14.4 Å². The zero-order chi connectivity index (χ0) is 33.7. The number of amides is 2. The van der Waals surface area contributed by atoms with Crippen LogP contribution in [0.25, 0.3) is 0 Å². The number of β-amino-alcohol motifs (C(OH)–C–C–N with tert-alkyl or cyclic N) is 2. The van der Waals surface area contributed by atoms with Gasteiger partial charge in [-0.1, -0.05) is 83.3 Å². The Morgan fingerprint density at radius 2 is 1.23 bits per heavy atom. The fourth-order valence-corrected chi connectivity index (χ4v) is 6.29. The van der Waals surface area contributed by atoms with Crippen LogP contribution in [0.5, 0.6) is 0 Å². The van der Waals surface area contributed by atoms with Gasteiger partial charge < -0.3 is 30.5 Å². The normalized spacial score (nSPS) is 24.0. The van der Waals surface area contributed by atoms with Gasteiger partial charge in [0.2, 0.25) is 11.8 Å². The summed E-state index contributed by atoms with van der Waals surface area (Å²) >= 11 is 2.15. The van der Waals surface area contributed by atoms with Gasteiger partial charge in [-0.2, -0.15) is 0 Å². The van der Waals surface area contributed by atoms with E-state index in [9.17, 15) is 19.5 Å². The first-order valence-corrected chi connectivity index (χ1v) is 17.8. The molecule has 6 unspecified atom stereocenters. The number of piperidine rings is 2. The van der Waals surface area contributed by atoms with Crippen LogP contribution in [0.1, 0.15) is 76.8 Å². The smallest absolute Gasteiger partial charge is 0.307 e. The van der Waals surface area contributed by atoms with Crippen molar-refractivity contribution in [3.8, 4) is 0 Å².